The summed E-state index contributed by atoms with van der Waals surface area (Å²) in [6.45, 7) is 1.57. The maximum Gasteiger partial charge on any atom is 0.268 e. The number of rotatable bonds is 1. The van der Waals surface area contributed by atoms with E-state index in [1.54, 1.807) is 6.92 Å². The molecule has 0 amide bonds. The molecular formula is C9H8N2O4. The van der Waals surface area contributed by atoms with Gasteiger partial charge in [0, 0.05) is 7.05 Å². The van der Waals surface area contributed by atoms with E-state index < -0.39 is 16.6 Å². The van der Waals surface area contributed by atoms with Crippen LogP contribution in [0.4, 0.5) is 0 Å². The molecule has 0 aliphatic rings. The van der Waals surface area contributed by atoms with Gasteiger partial charge >= 0.3 is 0 Å². The van der Waals surface area contributed by atoms with Gasteiger partial charge < -0.3 is 10.2 Å². The second-order valence-electron chi connectivity index (χ2n) is 3.29. The summed E-state index contributed by atoms with van der Waals surface area (Å²) in [5.74, 6) is -0.846. The van der Waals surface area contributed by atoms with Crippen molar-refractivity contribution in [1.29, 1.82) is 0 Å². The van der Waals surface area contributed by atoms with E-state index in [-0.39, 0.29) is 17.0 Å². The van der Waals surface area contributed by atoms with E-state index >= 15 is 0 Å². The van der Waals surface area contributed by atoms with Crippen molar-refractivity contribution in [2.75, 3.05) is 0 Å². The van der Waals surface area contributed by atoms with E-state index in [0.29, 0.717) is 5.69 Å². The molecule has 0 saturated carbocycles. The highest BCUT2D eigenvalue weighted by Gasteiger charge is 2.27. The lowest BCUT2D eigenvalue weighted by Crippen LogP contribution is -2.31. The lowest BCUT2D eigenvalue weighted by atomic mass is 10.0. The molecule has 2 N–H and O–H groups in total. The first-order chi connectivity index (χ1) is 6.95. The molecule has 6 heteroatoms. The van der Waals surface area contributed by atoms with E-state index in [1.807, 2.05) is 0 Å². The van der Waals surface area contributed by atoms with Gasteiger partial charge in [-0.1, -0.05) is 0 Å². The van der Waals surface area contributed by atoms with Crippen molar-refractivity contribution in [1.82, 2.24) is 9.78 Å². The lowest BCUT2D eigenvalue weighted by Gasteiger charge is -2.04. The van der Waals surface area contributed by atoms with Gasteiger partial charge in [0.25, 0.3) is 5.43 Å². The third kappa shape index (κ3) is 1.01. The van der Waals surface area contributed by atoms with Crippen LogP contribution in [-0.4, -0.2) is 20.0 Å². The molecule has 15 heavy (non-hydrogen) atoms. The Morgan fingerprint density at radius 3 is 2.13 bits per heavy atom. The predicted octanol–water partition coefficient (Wildman–Crippen LogP) is -0.597. The molecule has 0 aliphatic heterocycles. The Morgan fingerprint density at radius 1 is 1.13 bits per heavy atom. The van der Waals surface area contributed by atoms with Crippen molar-refractivity contribution < 1.29 is 10.2 Å². The summed E-state index contributed by atoms with van der Waals surface area (Å²) in [5.41, 5.74) is -1.35. The lowest BCUT2D eigenvalue weighted by molar-refractivity contribution is 0.419. The summed E-state index contributed by atoms with van der Waals surface area (Å²) >= 11 is 0. The Morgan fingerprint density at radius 2 is 1.73 bits per heavy atom. The van der Waals surface area contributed by atoms with Crippen LogP contribution in [-0.2, 0) is 7.05 Å². The van der Waals surface area contributed by atoms with Crippen molar-refractivity contribution in [3.8, 4) is 22.8 Å². The zero-order valence-corrected chi connectivity index (χ0v) is 8.11. The van der Waals surface area contributed by atoms with E-state index in [9.17, 15) is 19.8 Å². The molecule has 1 aromatic carbocycles. The van der Waals surface area contributed by atoms with Crippen LogP contribution in [0.2, 0.25) is 0 Å². The summed E-state index contributed by atoms with van der Waals surface area (Å²) in [6, 6.07) is 0. The smallest absolute Gasteiger partial charge is 0.268 e. The summed E-state index contributed by atoms with van der Waals surface area (Å²) < 4.78 is 1.17. The number of aryl methyl sites for hydroxylation is 2. The summed E-state index contributed by atoms with van der Waals surface area (Å²) in [6.07, 6.45) is 0. The van der Waals surface area contributed by atoms with Crippen LogP contribution in [0.3, 0.4) is 0 Å². The van der Waals surface area contributed by atoms with Gasteiger partial charge in [0.15, 0.2) is 5.75 Å². The van der Waals surface area contributed by atoms with Gasteiger partial charge in [0.2, 0.25) is 11.3 Å². The fourth-order valence-electron chi connectivity index (χ4n) is 1.55. The highest BCUT2D eigenvalue weighted by atomic mass is 16.3. The minimum atomic E-state index is -0.923. The third-order valence-electron chi connectivity index (χ3n) is 2.33. The van der Waals surface area contributed by atoms with Gasteiger partial charge in [-0.15, -0.1) is 0 Å². The number of hydrogen-bond donors (Lipinski definition) is 2. The average Bonchev–Trinajstić information content (AvgIpc) is 2.44. The van der Waals surface area contributed by atoms with Gasteiger partial charge in [-0.25, -0.2) is 4.68 Å². The maximum atomic E-state index is 11.2. The molecule has 0 fully saturated rings. The Labute approximate surface area is 83.7 Å². The van der Waals surface area contributed by atoms with Crippen LogP contribution in [0.15, 0.2) is 9.59 Å². The van der Waals surface area contributed by atoms with Crippen molar-refractivity contribution in [3.63, 3.8) is 0 Å². The van der Waals surface area contributed by atoms with Gasteiger partial charge in [-0.3, -0.25) is 9.59 Å². The largest absolute Gasteiger partial charge is 0.503 e. The zero-order chi connectivity index (χ0) is 11.3. The van der Waals surface area contributed by atoms with Gasteiger partial charge in [-0.05, 0) is 6.92 Å². The number of hydrogen-bond acceptors (Lipinski definition) is 5. The number of aromatic hydroxyl groups is 2. The molecule has 0 saturated heterocycles. The molecule has 1 heterocycles. The number of aromatic nitrogens is 2. The number of nitrogens with zero attached hydrogens (tertiary/aromatic N) is 2. The first kappa shape index (κ1) is 9.45. The Bertz CT molecular complexity index is 617. The maximum absolute atomic E-state index is 11.2. The van der Waals surface area contributed by atoms with Crippen molar-refractivity contribution >= 4 is 0 Å². The Kier molecular flexibility index (Phi) is 1.69. The van der Waals surface area contributed by atoms with Gasteiger partial charge in [0.1, 0.15) is 0 Å². The minimum Gasteiger partial charge on any atom is -0.503 e. The molecule has 0 aliphatic carbocycles. The Hall–Kier alpha value is -2.11. The van der Waals surface area contributed by atoms with Crippen molar-refractivity contribution in [2.45, 2.75) is 6.92 Å². The SMILES string of the molecule is Cc1nn(C)c(O)c1-c1c(O)c(=O)c1=O. The van der Waals surface area contributed by atoms with E-state index in [4.69, 9.17) is 0 Å². The van der Waals surface area contributed by atoms with Crippen LogP contribution in [0.1, 0.15) is 5.69 Å². The molecule has 2 rings (SSSR count). The van der Waals surface area contributed by atoms with Crippen molar-refractivity contribution in [3.05, 3.63) is 26.1 Å². The molecule has 0 atom stereocenters. The van der Waals surface area contributed by atoms with Crippen LogP contribution in [0, 0.1) is 6.92 Å². The fraction of sp³-hybridized carbons (Fsp3) is 0.222. The topological polar surface area (TPSA) is 92.4 Å². The van der Waals surface area contributed by atoms with Crippen LogP contribution in [0.5, 0.6) is 11.6 Å². The molecule has 2 aromatic rings. The summed E-state index contributed by atoms with van der Waals surface area (Å²) in [4.78, 5) is 22.0. The van der Waals surface area contributed by atoms with Crippen LogP contribution < -0.4 is 10.9 Å². The normalized spacial score (nSPS) is 11.1. The molecular weight excluding hydrogens is 200 g/mol. The minimum absolute atomic E-state index is 0.125. The van der Waals surface area contributed by atoms with E-state index in [1.165, 1.54) is 11.7 Å². The van der Waals surface area contributed by atoms with Crippen LogP contribution in [0.25, 0.3) is 11.1 Å². The van der Waals surface area contributed by atoms with Gasteiger partial charge in [0.05, 0.1) is 16.8 Å². The second kappa shape index (κ2) is 2.69. The molecule has 78 valence electrons. The quantitative estimate of drug-likeness (QED) is 0.610. The van der Waals surface area contributed by atoms with Crippen LogP contribution >= 0.6 is 0 Å². The standard InChI is InChI=1S/C9H8N2O4/c1-3-4(9(15)11(2)10-3)5-6(12)8(14)7(5)13/h12,15H,1-2H3. The summed E-state index contributed by atoms with van der Waals surface area (Å²) in [5, 5.41) is 22.7. The highest BCUT2D eigenvalue weighted by molar-refractivity contribution is 5.78. The average molecular weight is 208 g/mol. The second-order valence-corrected chi connectivity index (χ2v) is 3.29. The monoisotopic (exact) mass is 208 g/mol. The Balaban J connectivity index is 2.77. The van der Waals surface area contributed by atoms with Crippen molar-refractivity contribution in [2.24, 2.45) is 7.05 Å². The molecule has 0 radical (unpaired) electrons. The molecule has 6 nitrogen and oxygen atoms in total. The molecule has 0 spiro atoms. The first-order valence-electron chi connectivity index (χ1n) is 4.20. The molecule has 0 unspecified atom stereocenters. The zero-order valence-electron chi connectivity index (χ0n) is 8.11. The first-order valence-corrected chi connectivity index (χ1v) is 4.20. The molecule has 0 bridgehead atoms. The van der Waals surface area contributed by atoms with E-state index in [2.05, 4.69) is 5.10 Å². The highest BCUT2D eigenvalue weighted by Crippen LogP contribution is 2.34. The van der Waals surface area contributed by atoms with Gasteiger partial charge in [-0.2, -0.15) is 5.10 Å². The fourth-order valence-corrected chi connectivity index (χ4v) is 1.55. The summed E-state index contributed by atoms with van der Waals surface area (Å²) in [7, 11) is 1.49. The predicted molar refractivity (Wildman–Crippen MR) is 51.6 cm³/mol. The molecule has 1 aromatic heterocycles. The van der Waals surface area contributed by atoms with E-state index in [0.717, 1.165) is 0 Å². The third-order valence-corrected chi connectivity index (χ3v) is 2.33.